The van der Waals surface area contributed by atoms with Crippen molar-refractivity contribution in [2.24, 2.45) is 5.92 Å². The number of hydrogen-bond donors (Lipinski definition) is 2. The minimum absolute atomic E-state index is 0.00784. The van der Waals surface area contributed by atoms with Crippen molar-refractivity contribution < 1.29 is 45.0 Å². The van der Waals surface area contributed by atoms with E-state index >= 15 is 0 Å². The van der Waals surface area contributed by atoms with Crippen LogP contribution in [0.1, 0.15) is 26.7 Å². The summed E-state index contributed by atoms with van der Waals surface area (Å²) in [5, 5.41) is 5.21. The molecule has 0 bridgehead atoms. The molecule has 1 saturated heterocycles. The number of nitrogens with one attached hydrogen (secondary N) is 2. The van der Waals surface area contributed by atoms with Crippen molar-refractivity contribution in [1.82, 2.24) is 5.32 Å². The second-order valence-corrected chi connectivity index (χ2v) is 11.6. The number of halogens is 4. The number of nitrogens with zero attached hydrogens (tertiary/aromatic N) is 1. The van der Waals surface area contributed by atoms with Crippen LogP contribution in [0.4, 0.5) is 33.7 Å². The molecule has 226 valence electrons. The summed E-state index contributed by atoms with van der Waals surface area (Å²) in [4.78, 5) is 11.8. The molecule has 14 heteroatoms. The number of amides is 1. The number of benzene rings is 2. The van der Waals surface area contributed by atoms with Crippen molar-refractivity contribution in [3.05, 3.63) is 60.6 Å². The van der Waals surface area contributed by atoms with Gasteiger partial charge in [0.05, 0.1) is 23.7 Å². The monoisotopic (exact) mass is 603 g/mol. The molecule has 0 radical (unpaired) electrons. The van der Waals surface area contributed by atoms with Crippen molar-refractivity contribution in [2.45, 2.75) is 43.4 Å². The highest BCUT2D eigenvalue weighted by Crippen LogP contribution is 2.38. The van der Waals surface area contributed by atoms with Gasteiger partial charge in [-0.05, 0) is 69.2 Å². The highest BCUT2D eigenvalue weighted by atomic mass is 32.2. The molecule has 2 N–H and O–H groups in total. The second kappa shape index (κ2) is 13.0. The average Bonchev–Trinajstić information content (AvgIpc) is 2.92. The zero-order valence-corrected chi connectivity index (χ0v) is 23.7. The Bertz CT molecular complexity index is 1330. The number of ether oxygens (including phenoxy) is 3. The number of carbonyl (C=O) groups excluding carboxylic acids is 1. The van der Waals surface area contributed by atoms with Crippen LogP contribution in [0.2, 0.25) is 0 Å². The predicted octanol–water partition coefficient (Wildman–Crippen LogP) is 5.45. The van der Waals surface area contributed by atoms with Gasteiger partial charge in [-0.25, -0.2) is 17.6 Å². The summed E-state index contributed by atoms with van der Waals surface area (Å²) in [5.41, 5.74) is -1.57. The number of anilines is 2. The fourth-order valence-electron chi connectivity index (χ4n) is 3.91. The lowest BCUT2D eigenvalue weighted by Crippen LogP contribution is -2.44. The van der Waals surface area contributed by atoms with Crippen LogP contribution in [0.5, 0.6) is 5.75 Å². The van der Waals surface area contributed by atoms with Gasteiger partial charge in [0, 0.05) is 31.0 Å². The maximum Gasteiger partial charge on any atom is 0.427 e. The minimum atomic E-state index is -4.78. The summed E-state index contributed by atoms with van der Waals surface area (Å²) in [7, 11) is -2.18. The van der Waals surface area contributed by atoms with Gasteiger partial charge < -0.3 is 19.5 Å². The molecular weight excluding hydrogens is 570 g/mol. The first-order valence-electron chi connectivity index (χ1n) is 12.7. The molecule has 1 amide bonds. The van der Waals surface area contributed by atoms with Crippen LogP contribution >= 0.6 is 0 Å². The van der Waals surface area contributed by atoms with Crippen LogP contribution < -0.4 is 19.7 Å². The Balaban J connectivity index is 0.000000389. The maximum absolute atomic E-state index is 13.2. The standard InChI is InChI=1S/C19H18F4N2O5S.C8H15NO/c1-18(2,19(21,22)23)30-17(26)24-13-5-8-16-15(11-13)25(9-10-29-16)31(27,28)14-6-3-12(20)4-7-14;1-7(9-2)8-4-3-5-10-6-8/h3-8,11H,9-10H2,1-2H3,(H,24,26);8-9H,1,3-6H2,2H3. The molecule has 0 spiro atoms. The van der Waals surface area contributed by atoms with Crippen molar-refractivity contribution >= 4 is 27.5 Å². The molecule has 2 aromatic rings. The quantitative estimate of drug-likeness (QED) is 0.423. The van der Waals surface area contributed by atoms with Crippen molar-refractivity contribution in [2.75, 3.05) is 43.0 Å². The fraction of sp³-hybridized carbons (Fsp3) is 0.444. The van der Waals surface area contributed by atoms with Gasteiger partial charge in [0.25, 0.3) is 10.0 Å². The smallest absolute Gasteiger partial charge is 0.427 e. The summed E-state index contributed by atoms with van der Waals surface area (Å²) in [6.07, 6.45) is -3.76. The summed E-state index contributed by atoms with van der Waals surface area (Å²) >= 11 is 0. The van der Waals surface area contributed by atoms with Gasteiger partial charge in [-0.1, -0.05) is 6.58 Å². The number of rotatable bonds is 6. The van der Waals surface area contributed by atoms with E-state index in [1.165, 1.54) is 31.0 Å². The van der Waals surface area contributed by atoms with Crippen molar-refractivity contribution in [3.8, 4) is 5.75 Å². The van der Waals surface area contributed by atoms with E-state index < -0.39 is 33.7 Å². The SMILES string of the molecule is C=C(NC)C1CCCOC1.CC(C)(OC(=O)Nc1ccc2c(c1)N(S(=O)(=O)c1ccc(F)cc1)CCO2)C(F)(F)F. The summed E-state index contributed by atoms with van der Waals surface area (Å²) in [6.45, 7) is 7.05. The van der Waals surface area contributed by atoms with Gasteiger partial charge in [0.15, 0.2) is 0 Å². The van der Waals surface area contributed by atoms with E-state index in [1.54, 1.807) is 0 Å². The number of carbonyl (C=O) groups is 1. The Morgan fingerprint density at radius 2 is 1.80 bits per heavy atom. The zero-order chi connectivity index (χ0) is 30.4. The number of alkyl halides is 3. The Morgan fingerprint density at radius 1 is 1.12 bits per heavy atom. The molecule has 1 atom stereocenters. The van der Waals surface area contributed by atoms with E-state index in [4.69, 9.17) is 9.47 Å². The molecule has 2 aliphatic rings. The van der Waals surface area contributed by atoms with E-state index in [-0.39, 0.29) is 35.2 Å². The van der Waals surface area contributed by atoms with E-state index in [1.807, 2.05) is 7.05 Å². The van der Waals surface area contributed by atoms with Gasteiger partial charge in [-0.3, -0.25) is 9.62 Å². The average molecular weight is 604 g/mol. The summed E-state index contributed by atoms with van der Waals surface area (Å²) in [5.74, 6) is 0.123. The third-order valence-corrected chi connectivity index (χ3v) is 8.26. The van der Waals surface area contributed by atoms with Crippen LogP contribution in [-0.2, 0) is 19.5 Å². The van der Waals surface area contributed by atoms with E-state index in [9.17, 15) is 30.8 Å². The largest absolute Gasteiger partial charge is 0.489 e. The van der Waals surface area contributed by atoms with Gasteiger partial charge in [-0.15, -0.1) is 0 Å². The molecular formula is C27H33F4N3O6S. The predicted molar refractivity (Wildman–Crippen MR) is 145 cm³/mol. The fourth-order valence-corrected chi connectivity index (χ4v) is 5.36. The highest BCUT2D eigenvalue weighted by molar-refractivity contribution is 7.92. The van der Waals surface area contributed by atoms with Crippen molar-refractivity contribution in [1.29, 1.82) is 0 Å². The second-order valence-electron chi connectivity index (χ2n) is 9.77. The molecule has 0 aromatic heterocycles. The Hall–Kier alpha value is -3.52. The Labute approximate surface area is 236 Å². The lowest BCUT2D eigenvalue weighted by Gasteiger charge is -2.31. The molecule has 1 unspecified atom stereocenters. The van der Waals surface area contributed by atoms with Gasteiger partial charge in [0.1, 0.15) is 18.2 Å². The first-order chi connectivity index (χ1) is 19.2. The van der Waals surface area contributed by atoms with Crippen LogP contribution in [0.25, 0.3) is 0 Å². The lowest BCUT2D eigenvalue weighted by atomic mass is 9.99. The molecule has 1 fully saturated rings. The van der Waals surface area contributed by atoms with E-state index in [0.29, 0.717) is 19.8 Å². The molecule has 2 aliphatic heterocycles. The topological polar surface area (TPSA) is 106 Å². The van der Waals surface area contributed by atoms with E-state index in [2.05, 4.69) is 21.9 Å². The van der Waals surface area contributed by atoms with Crippen LogP contribution in [0.15, 0.2) is 59.6 Å². The molecule has 2 aromatic carbocycles. The van der Waals surface area contributed by atoms with Crippen LogP contribution in [0, 0.1) is 11.7 Å². The normalized spacial score (nSPS) is 17.2. The molecule has 2 heterocycles. The van der Waals surface area contributed by atoms with Crippen LogP contribution in [-0.4, -0.2) is 59.7 Å². The maximum atomic E-state index is 13.2. The molecule has 41 heavy (non-hydrogen) atoms. The molecule has 0 aliphatic carbocycles. The zero-order valence-electron chi connectivity index (χ0n) is 22.9. The summed E-state index contributed by atoms with van der Waals surface area (Å²) in [6, 6.07) is 8.16. The van der Waals surface area contributed by atoms with Gasteiger partial charge in [0.2, 0.25) is 5.60 Å². The van der Waals surface area contributed by atoms with Crippen LogP contribution in [0.3, 0.4) is 0 Å². The van der Waals surface area contributed by atoms with Gasteiger partial charge in [-0.2, -0.15) is 13.2 Å². The minimum Gasteiger partial charge on any atom is -0.489 e. The third-order valence-electron chi connectivity index (χ3n) is 6.43. The summed E-state index contributed by atoms with van der Waals surface area (Å²) < 4.78 is 94.1. The number of hydrogen-bond acceptors (Lipinski definition) is 7. The highest BCUT2D eigenvalue weighted by Gasteiger charge is 2.51. The number of sulfonamides is 1. The number of fused-ring (bicyclic) bond motifs is 1. The molecule has 0 saturated carbocycles. The first-order valence-corrected chi connectivity index (χ1v) is 14.2. The van der Waals surface area contributed by atoms with Crippen molar-refractivity contribution in [3.63, 3.8) is 0 Å². The Kier molecular flexibility index (Phi) is 10.1. The lowest BCUT2D eigenvalue weighted by molar-refractivity contribution is -0.242. The Morgan fingerprint density at radius 3 is 2.39 bits per heavy atom. The van der Waals surface area contributed by atoms with E-state index in [0.717, 1.165) is 47.5 Å². The molecule has 9 nitrogen and oxygen atoms in total. The van der Waals surface area contributed by atoms with Gasteiger partial charge >= 0.3 is 12.3 Å². The third kappa shape index (κ3) is 8.03. The molecule has 4 rings (SSSR count). The first kappa shape index (κ1) is 32.0.